The summed E-state index contributed by atoms with van der Waals surface area (Å²) in [6, 6.07) is 36.4. The Hall–Kier alpha value is -5.80. The largest absolute Gasteiger partial charge is 0.349 e. The molecule has 2 N–H and O–H groups in total. The lowest BCUT2D eigenvalue weighted by Crippen LogP contribution is -2.38. The van der Waals surface area contributed by atoms with Gasteiger partial charge in [0.25, 0.3) is 11.8 Å². The van der Waals surface area contributed by atoms with Crippen LogP contribution in [-0.4, -0.2) is 69.5 Å². The van der Waals surface area contributed by atoms with Crippen LogP contribution in [0.25, 0.3) is 33.9 Å². The summed E-state index contributed by atoms with van der Waals surface area (Å²) in [5.41, 5.74) is 11.3. The van der Waals surface area contributed by atoms with Crippen molar-refractivity contribution in [1.29, 1.82) is 0 Å². The molecule has 2 amide bonds. The van der Waals surface area contributed by atoms with Crippen molar-refractivity contribution in [3.8, 4) is 33.9 Å². The van der Waals surface area contributed by atoms with Gasteiger partial charge in [0.05, 0.1) is 22.8 Å². The minimum atomic E-state index is -0.181. The molecule has 0 unspecified atom stereocenters. The van der Waals surface area contributed by atoms with E-state index in [4.69, 9.17) is 10.2 Å². The summed E-state index contributed by atoms with van der Waals surface area (Å²) in [5.74, 6) is -0.362. The molecule has 0 atom stereocenters. The fourth-order valence-electron chi connectivity index (χ4n) is 6.86. The summed E-state index contributed by atoms with van der Waals surface area (Å²) in [5, 5.41) is 15.7. The highest BCUT2D eigenvalue weighted by Gasteiger charge is 2.32. The summed E-state index contributed by atoms with van der Waals surface area (Å²) < 4.78 is 3.78. The summed E-state index contributed by atoms with van der Waals surface area (Å²) in [6.45, 7) is 2.15. The Kier molecular flexibility index (Phi) is 7.66. The lowest BCUT2D eigenvalue weighted by atomic mass is 10.1. The van der Waals surface area contributed by atoms with E-state index in [9.17, 15) is 9.59 Å². The van der Waals surface area contributed by atoms with Crippen LogP contribution >= 0.6 is 0 Å². The number of hydrogen-bond acceptors (Lipinski definition) is 5. The molecule has 6 aromatic rings. The average Bonchev–Trinajstić information content (AvgIpc) is 3.88. The van der Waals surface area contributed by atoms with Gasteiger partial charge >= 0.3 is 0 Å². The second kappa shape index (κ2) is 12.4. The maximum atomic E-state index is 13.4. The molecule has 0 saturated heterocycles. The molecule has 0 radical (unpaired) electrons. The molecule has 0 saturated carbocycles. The number of fused-ring (bicyclic) bond motifs is 6. The Balaban J connectivity index is 0.895. The van der Waals surface area contributed by atoms with Crippen molar-refractivity contribution in [3.05, 3.63) is 143 Å². The molecule has 0 aliphatic heterocycles. The lowest BCUT2D eigenvalue weighted by Gasteiger charge is -2.17. The van der Waals surface area contributed by atoms with E-state index in [1.807, 2.05) is 101 Å². The fraction of sp³-hybridized carbons (Fsp3) is 0.179. The van der Waals surface area contributed by atoms with Crippen molar-refractivity contribution in [2.45, 2.75) is 12.8 Å². The number of nitrogens with zero attached hydrogens (tertiary/aromatic N) is 5. The molecule has 2 aromatic heterocycles. The van der Waals surface area contributed by atoms with E-state index in [0.29, 0.717) is 50.4 Å². The number of nitrogens with one attached hydrogen (secondary N) is 2. The smallest absolute Gasteiger partial charge is 0.272 e. The van der Waals surface area contributed by atoms with Gasteiger partial charge in [0.15, 0.2) is 11.4 Å². The van der Waals surface area contributed by atoms with Gasteiger partial charge in [-0.3, -0.25) is 9.59 Å². The van der Waals surface area contributed by atoms with Crippen molar-refractivity contribution in [2.24, 2.45) is 0 Å². The average molecular weight is 634 g/mol. The summed E-state index contributed by atoms with van der Waals surface area (Å²) in [7, 11) is 1.98. The predicted molar refractivity (Wildman–Crippen MR) is 186 cm³/mol. The first kappa shape index (κ1) is 29.6. The minimum absolute atomic E-state index is 0.181. The van der Waals surface area contributed by atoms with Gasteiger partial charge in [-0.2, -0.15) is 10.2 Å². The number of benzene rings is 4. The molecule has 4 aromatic carbocycles. The SMILES string of the molecule is CN(CCNC(=O)c1nn(-c2ccccc2)c2c1Cc1ccccc1-2)CCNC(=O)c1nn(-c2ccccc2)c2c1Cc1ccccc1-2. The molecule has 2 aliphatic rings. The highest BCUT2D eigenvalue weighted by molar-refractivity contribution is 5.98. The molecular weight excluding hydrogens is 598 g/mol. The first-order chi connectivity index (χ1) is 23.6. The van der Waals surface area contributed by atoms with Gasteiger partial charge < -0.3 is 15.5 Å². The third kappa shape index (κ3) is 5.28. The van der Waals surface area contributed by atoms with Crippen molar-refractivity contribution < 1.29 is 9.59 Å². The zero-order valence-corrected chi connectivity index (χ0v) is 26.7. The van der Waals surface area contributed by atoms with Gasteiger partial charge in [0.2, 0.25) is 0 Å². The molecule has 48 heavy (non-hydrogen) atoms. The van der Waals surface area contributed by atoms with Gasteiger partial charge in [-0.1, -0.05) is 84.9 Å². The Morgan fingerprint density at radius 1 is 0.604 bits per heavy atom. The van der Waals surface area contributed by atoms with Crippen molar-refractivity contribution >= 4 is 11.8 Å². The number of amides is 2. The van der Waals surface area contributed by atoms with Gasteiger partial charge in [-0.15, -0.1) is 0 Å². The minimum Gasteiger partial charge on any atom is -0.349 e. The van der Waals surface area contributed by atoms with E-state index < -0.39 is 0 Å². The molecule has 0 bridgehead atoms. The van der Waals surface area contributed by atoms with Gasteiger partial charge in [0.1, 0.15) is 0 Å². The summed E-state index contributed by atoms with van der Waals surface area (Å²) >= 11 is 0. The van der Waals surface area contributed by atoms with Crippen LogP contribution in [0.4, 0.5) is 0 Å². The van der Waals surface area contributed by atoms with E-state index in [1.54, 1.807) is 0 Å². The van der Waals surface area contributed by atoms with Crippen molar-refractivity contribution in [3.63, 3.8) is 0 Å². The van der Waals surface area contributed by atoms with Crippen LogP contribution < -0.4 is 10.6 Å². The van der Waals surface area contributed by atoms with Crippen LogP contribution in [0, 0.1) is 0 Å². The zero-order valence-electron chi connectivity index (χ0n) is 26.7. The second-order valence-electron chi connectivity index (χ2n) is 12.3. The van der Waals surface area contributed by atoms with Crippen LogP contribution in [0.2, 0.25) is 0 Å². The molecule has 8 rings (SSSR count). The number of likely N-dealkylation sites (N-methyl/N-ethyl adjacent to an activating group) is 1. The van der Waals surface area contributed by atoms with E-state index >= 15 is 0 Å². The fourth-order valence-corrected chi connectivity index (χ4v) is 6.86. The predicted octanol–water partition coefficient (Wildman–Crippen LogP) is 5.29. The number of carbonyl (C=O) groups is 2. The first-order valence-electron chi connectivity index (χ1n) is 16.3. The van der Waals surface area contributed by atoms with E-state index in [2.05, 4.69) is 39.8 Å². The second-order valence-corrected chi connectivity index (χ2v) is 12.3. The third-order valence-corrected chi connectivity index (χ3v) is 9.24. The van der Waals surface area contributed by atoms with Gasteiger partial charge in [0, 0.05) is 61.3 Å². The molecule has 9 nitrogen and oxygen atoms in total. The normalized spacial score (nSPS) is 12.4. The number of para-hydroxylation sites is 2. The van der Waals surface area contributed by atoms with Crippen LogP contribution in [0.15, 0.2) is 109 Å². The first-order valence-corrected chi connectivity index (χ1v) is 16.3. The monoisotopic (exact) mass is 633 g/mol. The lowest BCUT2D eigenvalue weighted by molar-refractivity contribution is 0.0942. The quantitative estimate of drug-likeness (QED) is 0.213. The molecule has 9 heteroatoms. The van der Waals surface area contributed by atoms with Crippen molar-refractivity contribution in [2.75, 3.05) is 33.2 Å². The Labute approximate surface area is 278 Å². The van der Waals surface area contributed by atoms with Crippen LogP contribution in [-0.2, 0) is 12.8 Å². The van der Waals surface area contributed by atoms with E-state index in [0.717, 1.165) is 45.0 Å². The van der Waals surface area contributed by atoms with Crippen LogP contribution in [0.1, 0.15) is 43.2 Å². The maximum absolute atomic E-state index is 13.4. The summed E-state index contributed by atoms with van der Waals surface area (Å²) in [4.78, 5) is 29.0. The van der Waals surface area contributed by atoms with Gasteiger partial charge in [-0.05, 0) is 42.4 Å². The Morgan fingerprint density at radius 3 is 1.44 bits per heavy atom. The molecule has 0 fully saturated rings. The number of hydrogen-bond donors (Lipinski definition) is 2. The topological polar surface area (TPSA) is 97.1 Å². The highest BCUT2D eigenvalue weighted by Crippen LogP contribution is 2.41. The van der Waals surface area contributed by atoms with E-state index in [-0.39, 0.29) is 11.8 Å². The molecule has 0 spiro atoms. The number of rotatable bonds is 10. The van der Waals surface area contributed by atoms with Crippen molar-refractivity contribution in [1.82, 2.24) is 35.1 Å². The maximum Gasteiger partial charge on any atom is 0.272 e. The van der Waals surface area contributed by atoms with Crippen LogP contribution in [0.3, 0.4) is 0 Å². The molecule has 2 heterocycles. The zero-order chi connectivity index (χ0) is 32.6. The van der Waals surface area contributed by atoms with E-state index in [1.165, 1.54) is 11.1 Å². The number of carbonyl (C=O) groups excluding carboxylic acids is 2. The molecular formula is C39H35N7O2. The molecule has 238 valence electrons. The van der Waals surface area contributed by atoms with Gasteiger partial charge in [-0.25, -0.2) is 9.36 Å². The third-order valence-electron chi connectivity index (χ3n) is 9.24. The highest BCUT2D eigenvalue weighted by atomic mass is 16.2. The standard InChI is InChI=1S/C39H35N7O2/c1-44(22-20-40-38(47)34-32-24-26-12-8-10-18-30(26)36(32)45(42-34)28-14-4-2-5-15-28)23-21-41-39(48)35-33-25-27-13-9-11-19-31(27)37(33)46(43-35)29-16-6-3-7-17-29/h2-19H,20-25H2,1H3,(H,40,47)(H,41,48). The Bertz CT molecular complexity index is 2000. The van der Waals surface area contributed by atoms with Crippen LogP contribution in [0.5, 0.6) is 0 Å². The molecule has 2 aliphatic carbocycles. The Morgan fingerprint density at radius 2 is 1.00 bits per heavy atom. The number of aromatic nitrogens is 4. The summed E-state index contributed by atoms with van der Waals surface area (Å²) in [6.07, 6.45) is 1.36.